The summed E-state index contributed by atoms with van der Waals surface area (Å²) in [4.78, 5) is 15.4. The number of aromatic nitrogens is 2. The lowest BCUT2D eigenvalue weighted by atomic mass is 9.94. The van der Waals surface area contributed by atoms with Crippen LogP contribution >= 0.6 is 0 Å². The number of nitrogens with zero attached hydrogens (tertiary/aromatic N) is 2. The number of rotatable bonds is 7. The molecule has 0 aromatic carbocycles. The first-order chi connectivity index (χ1) is 8.56. The van der Waals surface area contributed by atoms with Crippen molar-refractivity contribution < 1.29 is 14.1 Å². The zero-order valence-corrected chi connectivity index (χ0v) is 11.2. The van der Waals surface area contributed by atoms with Crippen LogP contribution in [-0.4, -0.2) is 29.3 Å². The van der Waals surface area contributed by atoms with Crippen molar-refractivity contribution in [2.75, 3.05) is 13.2 Å². The van der Waals surface area contributed by atoms with Gasteiger partial charge in [0.05, 0.1) is 6.61 Å². The summed E-state index contributed by atoms with van der Waals surface area (Å²) in [5, 5.41) is 3.60. The third-order valence-electron chi connectivity index (χ3n) is 2.53. The average molecular weight is 255 g/mol. The van der Waals surface area contributed by atoms with Crippen LogP contribution in [0.15, 0.2) is 4.52 Å². The topological polar surface area (TPSA) is 91.2 Å². The molecule has 0 aliphatic rings. The van der Waals surface area contributed by atoms with Crippen LogP contribution in [0.2, 0.25) is 0 Å². The van der Waals surface area contributed by atoms with E-state index in [9.17, 15) is 4.79 Å². The first-order valence-corrected chi connectivity index (χ1v) is 6.26. The summed E-state index contributed by atoms with van der Waals surface area (Å²) in [6.45, 7) is 6.86. The van der Waals surface area contributed by atoms with E-state index in [1.54, 1.807) is 6.92 Å². The Balaban J connectivity index is 2.59. The molecule has 1 atom stereocenters. The zero-order valence-electron chi connectivity index (χ0n) is 11.2. The van der Waals surface area contributed by atoms with E-state index in [4.69, 9.17) is 15.0 Å². The first kappa shape index (κ1) is 14.6. The fourth-order valence-electron chi connectivity index (χ4n) is 1.79. The fourth-order valence-corrected chi connectivity index (χ4v) is 1.79. The van der Waals surface area contributed by atoms with E-state index in [0.29, 0.717) is 37.3 Å². The fraction of sp³-hybridized carbons (Fsp3) is 0.750. The van der Waals surface area contributed by atoms with E-state index >= 15 is 0 Å². The molecular formula is C12H21N3O3. The van der Waals surface area contributed by atoms with E-state index < -0.39 is 5.97 Å². The number of hydrogen-bond acceptors (Lipinski definition) is 6. The van der Waals surface area contributed by atoms with Gasteiger partial charge < -0.3 is 15.0 Å². The molecule has 0 radical (unpaired) electrons. The Hall–Kier alpha value is -1.43. The minimum atomic E-state index is -0.555. The standard InChI is InChI=1S/C12H21N3O3/c1-4-17-12(16)11-14-10(18-15-11)6-9(7-13)5-8(2)3/h8-9H,4-7,13H2,1-3H3/t9-/m0/s1. The predicted octanol–water partition coefficient (Wildman–Crippen LogP) is 1.41. The molecule has 1 heterocycles. The molecule has 0 unspecified atom stereocenters. The van der Waals surface area contributed by atoms with Crippen LogP contribution in [0.1, 0.15) is 43.7 Å². The van der Waals surface area contributed by atoms with E-state index in [1.165, 1.54) is 0 Å². The molecule has 102 valence electrons. The number of esters is 1. The van der Waals surface area contributed by atoms with Crippen molar-refractivity contribution in [2.45, 2.75) is 33.6 Å². The maximum absolute atomic E-state index is 11.4. The largest absolute Gasteiger partial charge is 0.460 e. The van der Waals surface area contributed by atoms with Gasteiger partial charge in [-0.3, -0.25) is 0 Å². The molecule has 1 rings (SSSR count). The van der Waals surface area contributed by atoms with Gasteiger partial charge in [-0.05, 0) is 36.9 Å². The highest BCUT2D eigenvalue weighted by Crippen LogP contribution is 2.15. The Kier molecular flexibility index (Phi) is 5.77. The summed E-state index contributed by atoms with van der Waals surface area (Å²) in [6.07, 6.45) is 1.59. The van der Waals surface area contributed by atoms with Crippen molar-refractivity contribution in [2.24, 2.45) is 17.6 Å². The number of nitrogens with two attached hydrogens (primary N) is 1. The summed E-state index contributed by atoms with van der Waals surface area (Å²) in [7, 11) is 0. The smallest absolute Gasteiger partial charge is 0.379 e. The van der Waals surface area contributed by atoms with Crippen LogP contribution in [0.4, 0.5) is 0 Å². The second-order valence-electron chi connectivity index (χ2n) is 4.67. The van der Waals surface area contributed by atoms with Gasteiger partial charge >= 0.3 is 5.97 Å². The SMILES string of the molecule is CCOC(=O)c1noc(C[C@@H](CN)CC(C)C)n1. The second kappa shape index (κ2) is 7.10. The molecule has 0 saturated carbocycles. The summed E-state index contributed by atoms with van der Waals surface area (Å²) in [5.41, 5.74) is 5.70. The Morgan fingerprint density at radius 3 is 2.78 bits per heavy atom. The Morgan fingerprint density at radius 2 is 2.22 bits per heavy atom. The highest BCUT2D eigenvalue weighted by molar-refractivity contribution is 5.84. The molecule has 1 aromatic rings. The molecule has 0 aliphatic carbocycles. The zero-order chi connectivity index (χ0) is 13.5. The molecule has 0 fully saturated rings. The maximum atomic E-state index is 11.4. The minimum absolute atomic E-state index is 0.0211. The average Bonchev–Trinajstić information content (AvgIpc) is 2.76. The van der Waals surface area contributed by atoms with E-state index in [-0.39, 0.29) is 5.82 Å². The molecule has 18 heavy (non-hydrogen) atoms. The van der Waals surface area contributed by atoms with Crippen LogP contribution in [0.25, 0.3) is 0 Å². The van der Waals surface area contributed by atoms with Crippen molar-refractivity contribution >= 4 is 5.97 Å². The van der Waals surface area contributed by atoms with Gasteiger partial charge in [0.15, 0.2) is 0 Å². The molecule has 0 spiro atoms. The lowest BCUT2D eigenvalue weighted by Crippen LogP contribution is -2.19. The first-order valence-electron chi connectivity index (χ1n) is 6.26. The monoisotopic (exact) mass is 255 g/mol. The molecule has 0 saturated heterocycles. The van der Waals surface area contributed by atoms with Crippen LogP contribution in [0, 0.1) is 11.8 Å². The molecule has 1 aromatic heterocycles. The summed E-state index contributed by atoms with van der Waals surface area (Å²) in [5.74, 6) is 0.716. The van der Waals surface area contributed by atoms with Crippen LogP contribution in [-0.2, 0) is 11.2 Å². The molecule has 0 amide bonds. The molecule has 0 aliphatic heterocycles. The molecule has 2 N–H and O–H groups in total. The third kappa shape index (κ3) is 4.44. The second-order valence-corrected chi connectivity index (χ2v) is 4.67. The minimum Gasteiger partial charge on any atom is -0.460 e. The normalized spacial score (nSPS) is 12.7. The third-order valence-corrected chi connectivity index (χ3v) is 2.53. The Morgan fingerprint density at radius 1 is 1.50 bits per heavy atom. The molecule has 6 heteroatoms. The van der Waals surface area contributed by atoms with Crippen LogP contribution in [0.5, 0.6) is 0 Å². The van der Waals surface area contributed by atoms with Crippen molar-refractivity contribution in [1.82, 2.24) is 10.1 Å². The van der Waals surface area contributed by atoms with E-state index in [2.05, 4.69) is 24.0 Å². The molecule has 0 bridgehead atoms. The maximum Gasteiger partial charge on any atom is 0.379 e. The molecular weight excluding hydrogens is 234 g/mol. The number of carbonyl (C=O) groups excluding carboxylic acids is 1. The van der Waals surface area contributed by atoms with Crippen LogP contribution in [0.3, 0.4) is 0 Å². The summed E-state index contributed by atoms with van der Waals surface area (Å²) in [6, 6.07) is 0. The summed E-state index contributed by atoms with van der Waals surface area (Å²) < 4.78 is 9.82. The van der Waals surface area contributed by atoms with Gasteiger partial charge in [0.1, 0.15) is 0 Å². The van der Waals surface area contributed by atoms with Crippen molar-refractivity contribution in [1.29, 1.82) is 0 Å². The number of carbonyl (C=O) groups is 1. The number of hydrogen-bond donors (Lipinski definition) is 1. The molecule has 6 nitrogen and oxygen atoms in total. The lowest BCUT2D eigenvalue weighted by molar-refractivity contribution is 0.0508. The van der Waals surface area contributed by atoms with Crippen molar-refractivity contribution in [3.8, 4) is 0 Å². The lowest BCUT2D eigenvalue weighted by Gasteiger charge is -2.14. The Bertz CT molecular complexity index is 376. The van der Waals surface area contributed by atoms with Crippen molar-refractivity contribution in [3.05, 3.63) is 11.7 Å². The quantitative estimate of drug-likeness (QED) is 0.741. The summed E-state index contributed by atoms with van der Waals surface area (Å²) >= 11 is 0. The van der Waals surface area contributed by atoms with Crippen molar-refractivity contribution in [3.63, 3.8) is 0 Å². The van der Waals surface area contributed by atoms with Gasteiger partial charge in [0.2, 0.25) is 5.89 Å². The number of ether oxygens (including phenoxy) is 1. The predicted molar refractivity (Wildman–Crippen MR) is 66.0 cm³/mol. The van der Waals surface area contributed by atoms with Gasteiger partial charge in [0, 0.05) is 6.42 Å². The van der Waals surface area contributed by atoms with E-state index in [1.807, 2.05) is 0 Å². The van der Waals surface area contributed by atoms with Gasteiger partial charge in [0.25, 0.3) is 5.82 Å². The van der Waals surface area contributed by atoms with Gasteiger partial charge in [-0.15, -0.1) is 0 Å². The van der Waals surface area contributed by atoms with Gasteiger partial charge in [-0.25, -0.2) is 4.79 Å². The van der Waals surface area contributed by atoms with E-state index in [0.717, 1.165) is 6.42 Å². The van der Waals surface area contributed by atoms with Gasteiger partial charge in [-0.2, -0.15) is 4.98 Å². The van der Waals surface area contributed by atoms with Crippen LogP contribution < -0.4 is 5.73 Å². The van der Waals surface area contributed by atoms with Gasteiger partial charge in [-0.1, -0.05) is 13.8 Å². The highest BCUT2D eigenvalue weighted by atomic mass is 16.5. The Labute approximate surface area is 107 Å². The highest BCUT2D eigenvalue weighted by Gasteiger charge is 2.18.